The summed E-state index contributed by atoms with van der Waals surface area (Å²) in [6.45, 7) is 7.06. The molecule has 2 heterocycles. The van der Waals surface area contributed by atoms with Crippen molar-refractivity contribution in [3.63, 3.8) is 0 Å². The van der Waals surface area contributed by atoms with Gasteiger partial charge in [-0.05, 0) is 39.7 Å². The average molecular weight is 318 g/mol. The molecular weight excluding hydrogens is 296 g/mol. The van der Waals surface area contributed by atoms with Crippen molar-refractivity contribution < 1.29 is 4.79 Å². The van der Waals surface area contributed by atoms with E-state index in [0.29, 0.717) is 11.7 Å². The maximum absolute atomic E-state index is 12.5. The number of carbonyl (C=O) groups is 1. The normalized spacial score (nSPS) is 14.5. The largest absolute Gasteiger partial charge is 0.349 e. The van der Waals surface area contributed by atoms with E-state index in [1.54, 1.807) is 0 Å². The molecule has 0 aromatic carbocycles. The molecule has 1 saturated carbocycles. The number of thioether (sulfide) groups is 1. The van der Waals surface area contributed by atoms with Crippen molar-refractivity contribution in [2.24, 2.45) is 7.05 Å². The summed E-state index contributed by atoms with van der Waals surface area (Å²) in [4.78, 5) is 12.5. The number of Topliss-reactive ketones (excluding diaryl/α,β-unsaturated/α-hetero) is 1. The van der Waals surface area contributed by atoms with Gasteiger partial charge in [-0.25, -0.2) is 0 Å². The molecule has 0 aliphatic heterocycles. The minimum atomic E-state index is 0.161. The lowest BCUT2D eigenvalue weighted by atomic mass is 10.2. The van der Waals surface area contributed by atoms with Crippen molar-refractivity contribution in [1.29, 1.82) is 0 Å². The van der Waals surface area contributed by atoms with Crippen LogP contribution in [-0.2, 0) is 13.6 Å². The maximum Gasteiger partial charge on any atom is 0.191 e. The minimum absolute atomic E-state index is 0.161. The zero-order chi connectivity index (χ0) is 15.9. The summed E-state index contributed by atoms with van der Waals surface area (Å²) in [5.41, 5.74) is 3.03. The molecule has 1 aliphatic carbocycles. The van der Waals surface area contributed by atoms with Crippen LogP contribution in [0.25, 0.3) is 0 Å². The monoisotopic (exact) mass is 318 g/mol. The smallest absolute Gasteiger partial charge is 0.191 e. The molecule has 1 aliphatic rings. The lowest BCUT2D eigenvalue weighted by molar-refractivity contribution is 0.102. The summed E-state index contributed by atoms with van der Waals surface area (Å²) in [6.07, 6.45) is 2.41. The SMILES string of the molecule is CCn1c(C)cc(C(=O)CSc2nnc(C3CC3)n2C)c1C. The van der Waals surface area contributed by atoms with Crippen molar-refractivity contribution >= 4 is 17.5 Å². The summed E-state index contributed by atoms with van der Waals surface area (Å²) in [6, 6.07) is 1.99. The van der Waals surface area contributed by atoms with Gasteiger partial charge in [-0.2, -0.15) is 0 Å². The second kappa shape index (κ2) is 5.91. The van der Waals surface area contributed by atoms with E-state index in [1.165, 1.54) is 24.6 Å². The van der Waals surface area contributed by atoms with Gasteiger partial charge in [0.2, 0.25) is 0 Å². The fraction of sp³-hybridized carbons (Fsp3) is 0.562. The number of hydrogen-bond acceptors (Lipinski definition) is 4. The first-order chi connectivity index (χ1) is 10.5. The number of ketones is 1. The highest BCUT2D eigenvalue weighted by molar-refractivity contribution is 7.99. The average Bonchev–Trinajstić information content (AvgIpc) is 3.20. The number of hydrogen-bond donors (Lipinski definition) is 0. The molecule has 0 atom stereocenters. The quantitative estimate of drug-likeness (QED) is 0.606. The predicted molar refractivity (Wildman–Crippen MR) is 87.6 cm³/mol. The first-order valence-corrected chi connectivity index (χ1v) is 8.73. The standard InChI is InChI=1S/C16H22N4OS/c1-5-20-10(2)8-13(11(20)3)14(21)9-22-16-18-17-15(19(16)4)12-6-7-12/h8,12H,5-7,9H2,1-4H3. The summed E-state index contributed by atoms with van der Waals surface area (Å²) in [5.74, 6) is 2.20. The molecule has 3 rings (SSSR count). The second-order valence-electron chi connectivity index (χ2n) is 5.91. The van der Waals surface area contributed by atoms with Crippen molar-refractivity contribution in [3.8, 4) is 0 Å². The Bertz CT molecular complexity index is 712. The Hall–Kier alpha value is -1.56. The zero-order valence-corrected chi connectivity index (χ0v) is 14.4. The van der Waals surface area contributed by atoms with E-state index in [4.69, 9.17) is 0 Å². The van der Waals surface area contributed by atoms with Crippen LogP contribution in [0.2, 0.25) is 0 Å². The van der Waals surface area contributed by atoms with Crippen LogP contribution in [0.4, 0.5) is 0 Å². The molecule has 6 heteroatoms. The first kappa shape index (κ1) is 15.3. The highest BCUT2D eigenvalue weighted by Gasteiger charge is 2.29. The first-order valence-electron chi connectivity index (χ1n) is 7.75. The van der Waals surface area contributed by atoms with E-state index < -0.39 is 0 Å². The molecule has 5 nitrogen and oxygen atoms in total. The zero-order valence-electron chi connectivity index (χ0n) is 13.6. The molecule has 118 valence electrons. The van der Waals surface area contributed by atoms with Gasteiger partial charge in [-0.15, -0.1) is 10.2 Å². The molecule has 0 unspecified atom stereocenters. The third-order valence-electron chi connectivity index (χ3n) is 4.33. The van der Waals surface area contributed by atoms with Gasteiger partial charge in [0.15, 0.2) is 10.9 Å². The Morgan fingerprint density at radius 2 is 2.09 bits per heavy atom. The van der Waals surface area contributed by atoms with Crippen LogP contribution in [0.5, 0.6) is 0 Å². The highest BCUT2D eigenvalue weighted by Crippen LogP contribution is 2.39. The molecule has 22 heavy (non-hydrogen) atoms. The topological polar surface area (TPSA) is 52.7 Å². The number of aryl methyl sites for hydroxylation is 1. The number of carbonyl (C=O) groups excluding carboxylic acids is 1. The number of rotatable bonds is 6. The Labute approximate surface area is 135 Å². The number of aromatic nitrogens is 4. The van der Waals surface area contributed by atoms with Crippen LogP contribution in [0.15, 0.2) is 11.2 Å². The third kappa shape index (κ3) is 2.72. The van der Waals surface area contributed by atoms with E-state index in [0.717, 1.165) is 34.5 Å². The maximum atomic E-state index is 12.5. The number of nitrogens with zero attached hydrogens (tertiary/aromatic N) is 4. The van der Waals surface area contributed by atoms with Crippen molar-refractivity contribution in [1.82, 2.24) is 19.3 Å². The molecule has 0 bridgehead atoms. The van der Waals surface area contributed by atoms with Gasteiger partial charge < -0.3 is 9.13 Å². The summed E-state index contributed by atoms with van der Waals surface area (Å²) < 4.78 is 4.20. The molecule has 0 radical (unpaired) electrons. The highest BCUT2D eigenvalue weighted by atomic mass is 32.2. The lowest BCUT2D eigenvalue weighted by Crippen LogP contribution is -2.07. The van der Waals surface area contributed by atoms with Crippen molar-refractivity contribution in [3.05, 3.63) is 28.8 Å². The van der Waals surface area contributed by atoms with Gasteiger partial charge in [0, 0.05) is 36.5 Å². The lowest BCUT2D eigenvalue weighted by Gasteiger charge is -2.06. The van der Waals surface area contributed by atoms with Crippen LogP contribution in [0.1, 0.15) is 53.3 Å². The fourth-order valence-electron chi connectivity index (χ4n) is 2.93. The molecule has 0 N–H and O–H groups in total. The van der Waals surface area contributed by atoms with E-state index in [1.807, 2.05) is 31.5 Å². The van der Waals surface area contributed by atoms with E-state index >= 15 is 0 Å². The molecule has 1 fully saturated rings. The van der Waals surface area contributed by atoms with E-state index in [-0.39, 0.29) is 5.78 Å². The Kier molecular flexibility index (Phi) is 4.12. The molecule has 0 amide bonds. The Morgan fingerprint density at radius 1 is 1.36 bits per heavy atom. The molecule has 0 spiro atoms. The van der Waals surface area contributed by atoms with Gasteiger partial charge in [0.05, 0.1) is 5.75 Å². The fourth-order valence-corrected chi connectivity index (χ4v) is 3.73. The summed E-state index contributed by atoms with van der Waals surface area (Å²) in [7, 11) is 1.99. The predicted octanol–water partition coefficient (Wildman–Crippen LogP) is 3.11. The van der Waals surface area contributed by atoms with Crippen LogP contribution >= 0.6 is 11.8 Å². The van der Waals surface area contributed by atoms with Crippen LogP contribution in [0.3, 0.4) is 0 Å². The van der Waals surface area contributed by atoms with Crippen LogP contribution in [-0.4, -0.2) is 30.9 Å². The Morgan fingerprint density at radius 3 is 2.68 bits per heavy atom. The summed E-state index contributed by atoms with van der Waals surface area (Å²) in [5, 5.41) is 9.31. The van der Waals surface area contributed by atoms with Gasteiger partial charge in [0.1, 0.15) is 5.82 Å². The molecule has 0 saturated heterocycles. The van der Waals surface area contributed by atoms with Gasteiger partial charge in [-0.3, -0.25) is 4.79 Å². The van der Waals surface area contributed by atoms with Crippen molar-refractivity contribution in [2.45, 2.75) is 51.2 Å². The third-order valence-corrected chi connectivity index (χ3v) is 5.35. The second-order valence-corrected chi connectivity index (χ2v) is 6.86. The minimum Gasteiger partial charge on any atom is -0.349 e. The van der Waals surface area contributed by atoms with E-state index in [2.05, 4.69) is 21.7 Å². The van der Waals surface area contributed by atoms with Crippen molar-refractivity contribution in [2.75, 3.05) is 5.75 Å². The van der Waals surface area contributed by atoms with Gasteiger partial charge >= 0.3 is 0 Å². The Balaban J connectivity index is 1.70. The molecular formula is C16H22N4OS. The van der Waals surface area contributed by atoms with Gasteiger partial charge in [-0.1, -0.05) is 11.8 Å². The summed E-state index contributed by atoms with van der Waals surface area (Å²) >= 11 is 1.48. The van der Waals surface area contributed by atoms with Crippen LogP contribution < -0.4 is 0 Å². The molecule has 2 aromatic rings. The van der Waals surface area contributed by atoms with E-state index in [9.17, 15) is 4.79 Å². The molecule has 2 aromatic heterocycles. The van der Waals surface area contributed by atoms with Crippen LogP contribution in [0, 0.1) is 13.8 Å². The van der Waals surface area contributed by atoms with Gasteiger partial charge in [0.25, 0.3) is 0 Å².